The fourth-order valence-corrected chi connectivity index (χ4v) is 3.96. The number of nitrogens with zero attached hydrogens (tertiary/aromatic N) is 4. The van der Waals surface area contributed by atoms with Crippen LogP contribution >= 0.6 is 0 Å². The molecule has 0 bridgehead atoms. The molecule has 2 aromatic carbocycles. The molecule has 14 heteroatoms. The minimum absolute atomic E-state index is 0.132. The van der Waals surface area contributed by atoms with Gasteiger partial charge in [0, 0.05) is 77.6 Å². The van der Waals surface area contributed by atoms with Crippen LogP contribution in [0.15, 0.2) is 24.3 Å². The summed E-state index contributed by atoms with van der Waals surface area (Å²) in [5, 5.41) is 30.6. The molecule has 0 saturated carbocycles. The molecule has 2 fully saturated rings. The van der Waals surface area contributed by atoms with Gasteiger partial charge in [-0.05, 0) is 18.6 Å². The highest BCUT2D eigenvalue weighted by Crippen LogP contribution is 2.24. The molecule has 0 atom stereocenters. The number of anilines is 1. The molecule has 2 aromatic rings. The molecule has 0 radical (unpaired) electrons. The Morgan fingerprint density at radius 1 is 0.769 bits per heavy atom. The first-order valence-corrected chi connectivity index (χ1v) is 12.4. The molecule has 0 unspecified atom stereocenters. The first-order valence-electron chi connectivity index (χ1n) is 12.4. The molecule has 4 rings (SSSR count). The summed E-state index contributed by atoms with van der Waals surface area (Å²) >= 11 is 0. The SMILES string of the molecule is Cc1cc(F)c(N2CCN(CCO)CC2)cc1F.O=[N+]([O-])c1cc(F)c(F)cc1F.OCCN1CCNCC1. The standard InChI is InChI=1S/C13H18F2N2O.C6H2F3NO2.C6H14N2O/c1-10-8-12(15)13(9-11(10)14)17-4-2-16(3-5-17)6-7-18;7-3-1-5(9)6(10(11)12)2-4(3)8;9-6-5-8-3-1-7-2-4-8/h8-9,18H,2-7H2,1H3;1-2H;7,9H,1-6H2. The number of hydrogen-bond acceptors (Lipinski definition) is 8. The van der Waals surface area contributed by atoms with Gasteiger partial charge in [-0.2, -0.15) is 4.39 Å². The average Bonchev–Trinajstić information content (AvgIpc) is 2.90. The summed E-state index contributed by atoms with van der Waals surface area (Å²) in [6.45, 7) is 10.6. The number of nitro benzene ring substituents is 1. The van der Waals surface area contributed by atoms with E-state index in [9.17, 15) is 32.1 Å². The number of rotatable bonds is 6. The second-order valence-corrected chi connectivity index (χ2v) is 8.90. The monoisotopic (exact) mass is 563 g/mol. The van der Waals surface area contributed by atoms with Gasteiger partial charge in [-0.15, -0.1) is 0 Å². The highest BCUT2D eigenvalue weighted by atomic mass is 19.2. The minimum Gasteiger partial charge on any atom is -0.395 e. The third-order valence-electron chi connectivity index (χ3n) is 6.17. The number of nitro groups is 1. The molecule has 2 aliphatic rings. The fourth-order valence-electron chi connectivity index (χ4n) is 3.96. The predicted octanol–water partition coefficient (Wildman–Crippen LogP) is 2.28. The number of halogens is 5. The van der Waals surface area contributed by atoms with Gasteiger partial charge in [-0.1, -0.05) is 0 Å². The van der Waals surface area contributed by atoms with Crippen LogP contribution in [-0.4, -0.2) is 104 Å². The second kappa shape index (κ2) is 16.3. The predicted molar refractivity (Wildman–Crippen MR) is 136 cm³/mol. The molecule has 218 valence electrons. The Balaban J connectivity index is 0.000000220. The van der Waals surface area contributed by atoms with E-state index in [1.807, 2.05) is 4.90 Å². The number of hydrogen-bond donors (Lipinski definition) is 3. The Labute approximate surface area is 223 Å². The second-order valence-electron chi connectivity index (χ2n) is 8.90. The smallest absolute Gasteiger partial charge is 0.307 e. The summed E-state index contributed by atoms with van der Waals surface area (Å²) < 4.78 is 64.2. The molecule has 0 spiro atoms. The lowest BCUT2D eigenvalue weighted by Gasteiger charge is -2.36. The number of β-amino-alcohol motifs (C(OH)–C–C–N with tert-alkyl or cyclic N) is 2. The molecule has 0 aliphatic carbocycles. The molecular formula is C25H34F5N5O4. The molecule has 9 nitrogen and oxygen atoms in total. The number of aliphatic hydroxyl groups excluding tert-OH is 2. The van der Waals surface area contributed by atoms with Crippen LogP contribution in [0.4, 0.5) is 33.3 Å². The Morgan fingerprint density at radius 3 is 1.85 bits per heavy atom. The Kier molecular flexibility index (Phi) is 13.5. The van der Waals surface area contributed by atoms with E-state index in [-0.39, 0.29) is 30.4 Å². The van der Waals surface area contributed by atoms with Crippen molar-refractivity contribution in [3.8, 4) is 0 Å². The average molecular weight is 564 g/mol. The molecule has 39 heavy (non-hydrogen) atoms. The summed E-state index contributed by atoms with van der Waals surface area (Å²) in [6.07, 6.45) is 0. The maximum atomic E-state index is 13.8. The van der Waals surface area contributed by atoms with Gasteiger partial charge in [0.2, 0.25) is 5.82 Å². The van der Waals surface area contributed by atoms with E-state index < -0.39 is 28.1 Å². The van der Waals surface area contributed by atoms with Crippen LogP contribution in [0, 0.1) is 46.1 Å². The van der Waals surface area contributed by atoms with Crippen LogP contribution < -0.4 is 10.2 Å². The molecule has 0 amide bonds. The normalized spacial score (nSPS) is 16.2. The van der Waals surface area contributed by atoms with Crippen LogP contribution in [-0.2, 0) is 0 Å². The van der Waals surface area contributed by atoms with E-state index in [2.05, 4.69) is 15.1 Å². The zero-order valence-corrected chi connectivity index (χ0v) is 21.7. The van der Waals surface area contributed by atoms with Crippen LogP contribution in [0.3, 0.4) is 0 Å². The van der Waals surface area contributed by atoms with Crippen molar-refractivity contribution in [2.45, 2.75) is 6.92 Å². The van der Waals surface area contributed by atoms with Gasteiger partial charge in [-0.3, -0.25) is 19.9 Å². The van der Waals surface area contributed by atoms with E-state index in [1.165, 1.54) is 12.1 Å². The topological polar surface area (TPSA) is 105 Å². The van der Waals surface area contributed by atoms with Crippen molar-refractivity contribution in [3.63, 3.8) is 0 Å². The third kappa shape index (κ3) is 10.3. The van der Waals surface area contributed by atoms with Crippen LogP contribution in [0.25, 0.3) is 0 Å². The summed E-state index contributed by atoms with van der Waals surface area (Å²) in [5.74, 6) is -5.02. The van der Waals surface area contributed by atoms with Crippen LogP contribution in [0.2, 0.25) is 0 Å². The van der Waals surface area contributed by atoms with Crippen molar-refractivity contribution in [1.29, 1.82) is 0 Å². The van der Waals surface area contributed by atoms with E-state index in [1.54, 1.807) is 6.92 Å². The van der Waals surface area contributed by atoms with Crippen molar-refractivity contribution >= 4 is 11.4 Å². The van der Waals surface area contributed by atoms with Gasteiger partial charge in [0.1, 0.15) is 11.6 Å². The summed E-state index contributed by atoms with van der Waals surface area (Å²) in [5.41, 5.74) is -0.411. The van der Waals surface area contributed by atoms with Gasteiger partial charge >= 0.3 is 5.69 Å². The molecular weight excluding hydrogens is 529 g/mol. The number of benzene rings is 2. The zero-order valence-electron chi connectivity index (χ0n) is 21.7. The summed E-state index contributed by atoms with van der Waals surface area (Å²) in [6, 6.07) is 2.84. The lowest BCUT2D eigenvalue weighted by Crippen LogP contribution is -2.47. The van der Waals surface area contributed by atoms with Crippen LogP contribution in [0.5, 0.6) is 0 Å². The third-order valence-corrected chi connectivity index (χ3v) is 6.17. The number of aryl methyl sites for hydroxylation is 1. The fraction of sp³-hybridized carbons (Fsp3) is 0.520. The Bertz CT molecular complexity index is 1060. The van der Waals surface area contributed by atoms with Gasteiger partial charge in [0.15, 0.2) is 11.6 Å². The van der Waals surface area contributed by atoms with Crippen molar-refractivity contribution in [2.24, 2.45) is 0 Å². The number of aliphatic hydroxyl groups is 2. The summed E-state index contributed by atoms with van der Waals surface area (Å²) in [4.78, 5) is 15.1. The summed E-state index contributed by atoms with van der Waals surface area (Å²) in [7, 11) is 0. The maximum absolute atomic E-state index is 13.8. The number of piperazine rings is 2. The van der Waals surface area contributed by atoms with Crippen molar-refractivity contribution in [2.75, 3.05) is 83.6 Å². The largest absolute Gasteiger partial charge is 0.395 e. The van der Waals surface area contributed by atoms with E-state index >= 15 is 0 Å². The highest BCUT2D eigenvalue weighted by molar-refractivity contribution is 5.50. The maximum Gasteiger partial charge on any atom is 0.307 e. The lowest BCUT2D eigenvalue weighted by molar-refractivity contribution is -0.387. The Hall–Kier alpha value is -2.91. The van der Waals surface area contributed by atoms with Gasteiger partial charge in [0.25, 0.3) is 0 Å². The van der Waals surface area contributed by atoms with E-state index in [0.717, 1.165) is 45.8 Å². The van der Waals surface area contributed by atoms with E-state index in [4.69, 9.17) is 10.2 Å². The quantitative estimate of drug-likeness (QED) is 0.213. The lowest BCUT2D eigenvalue weighted by atomic mass is 10.1. The van der Waals surface area contributed by atoms with Crippen molar-refractivity contribution in [1.82, 2.24) is 15.1 Å². The Morgan fingerprint density at radius 2 is 1.31 bits per heavy atom. The van der Waals surface area contributed by atoms with Gasteiger partial charge in [0.05, 0.1) is 29.9 Å². The van der Waals surface area contributed by atoms with E-state index in [0.29, 0.717) is 37.5 Å². The molecule has 3 N–H and O–H groups in total. The first kappa shape index (κ1) is 32.3. The van der Waals surface area contributed by atoms with Gasteiger partial charge < -0.3 is 20.4 Å². The molecule has 2 saturated heterocycles. The number of nitrogens with one attached hydrogen (secondary N) is 1. The van der Waals surface area contributed by atoms with Crippen molar-refractivity contribution < 1.29 is 37.1 Å². The highest BCUT2D eigenvalue weighted by Gasteiger charge is 2.20. The van der Waals surface area contributed by atoms with Crippen LogP contribution in [0.1, 0.15) is 5.56 Å². The zero-order chi connectivity index (χ0) is 28.9. The van der Waals surface area contributed by atoms with Gasteiger partial charge in [-0.25, -0.2) is 17.6 Å². The molecule has 2 aliphatic heterocycles. The minimum atomic E-state index is -1.45. The van der Waals surface area contributed by atoms with Crippen molar-refractivity contribution in [3.05, 3.63) is 69.0 Å². The molecule has 2 heterocycles. The first-order chi connectivity index (χ1) is 18.6. The molecule has 0 aromatic heterocycles.